The van der Waals surface area contributed by atoms with Crippen LogP contribution in [0.5, 0.6) is 17.2 Å². The maximum Gasteiger partial charge on any atom is 0.235 e. The summed E-state index contributed by atoms with van der Waals surface area (Å²) in [6, 6.07) is 14.9. The van der Waals surface area contributed by atoms with E-state index in [1.807, 2.05) is 24.3 Å². The van der Waals surface area contributed by atoms with Crippen LogP contribution in [0.3, 0.4) is 0 Å². The molecular weight excluding hydrogens is 380 g/mol. The molecule has 7 heteroatoms. The normalized spacial score (nSPS) is 19.4. The lowest BCUT2D eigenvalue weighted by Gasteiger charge is -2.29. The number of fused-ring (bicyclic) bond motifs is 1. The van der Waals surface area contributed by atoms with Crippen LogP contribution in [0.2, 0.25) is 0 Å². The molecule has 0 saturated carbocycles. The molecule has 4 rings (SSSR count). The summed E-state index contributed by atoms with van der Waals surface area (Å²) in [7, 11) is 3.80. The topological polar surface area (TPSA) is 82.5 Å². The average Bonchev–Trinajstić information content (AvgIpc) is 2.77. The van der Waals surface area contributed by atoms with Gasteiger partial charge in [-0.15, -0.1) is 0 Å². The number of hydrogen-bond acceptors (Lipinski definition) is 5. The van der Waals surface area contributed by atoms with Gasteiger partial charge in [-0.05, 0) is 23.8 Å². The van der Waals surface area contributed by atoms with Crippen LogP contribution >= 0.6 is 0 Å². The van der Waals surface area contributed by atoms with E-state index in [0.29, 0.717) is 11.3 Å². The molecule has 0 spiro atoms. The lowest BCUT2D eigenvalue weighted by molar-refractivity contribution is -0.883. The Morgan fingerprint density at radius 3 is 2.63 bits per heavy atom. The van der Waals surface area contributed by atoms with Crippen molar-refractivity contribution >= 4 is 6.34 Å². The quantitative estimate of drug-likeness (QED) is 0.595. The van der Waals surface area contributed by atoms with Crippen molar-refractivity contribution in [2.45, 2.75) is 5.92 Å². The van der Waals surface area contributed by atoms with E-state index >= 15 is 0 Å². The smallest absolute Gasteiger partial charge is 0.235 e. The zero-order valence-electron chi connectivity index (χ0n) is 17.1. The van der Waals surface area contributed by atoms with Crippen LogP contribution in [-0.4, -0.2) is 56.7 Å². The SMILES string of the molecule is COc1ccc([C@@H]2C(C#N)=C(N=CN3CC[NH+](C)CC3)Oc3cc(O)ccc32)cc1. The van der Waals surface area contributed by atoms with Gasteiger partial charge in [0.2, 0.25) is 5.88 Å². The number of hydrogen-bond donors (Lipinski definition) is 2. The van der Waals surface area contributed by atoms with Crippen molar-refractivity contribution < 1.29 is 19.5 Å². The number of phenolic OH excluding ortho intramolecular Hbond substituents is 1. The van der Waals surface area contributed by atoms with Crippen LogP contribution in [0.1, 0.15) is 17.0 Å². The monoisotopic (exact) mass is 405 g/mol. The molecule has 1 fully saturated rings. The van der Waals surface area contributed by atoms with Crippen molar-refractivity contribution in [2.75, 3.05) is 40.3 Å². The number of piperazine rings is 1. The number of benzene rings is 2. The van der Waals surface area contributed by atoms with Crippen LogP contribution in [0.15, 0.2) is 58.9 Å². The molecule has 1 saturated heterocycles. The van der Waals surface area contributed by atoms with E-state index in [1.165, 1.54) is 4.90 Å². The highest BCUT2D eigenvalue weighted by Crippen LogP contribution is 2.44. The molecule has 2 aliphatic heterocycles. The number of nitriles is 1. The first-order chi connectivity index (χ1) is 14.6. The molecule has 2 aromatic carbocycles. The Bertz CT molecular complexity index is 1020. The van der Waals surface area contributed by atoms with Crippen molar-refractivity contribution in [3.63, 3.8) is 0 Å². The second-order valence-corrected chi connectivity index (χ2v) is 7.60. The van der Waals surface area contributed by atoms with E-state index in [9.17, 15) is 10.4 Å². The van der Waals surface area contributed by atoms with Gasteiger partial charge in [-0.3, -0.25) is 0 Å². The van der Waals surface area contributed by atoms with E-state index in [1.54, 1.807) is 31.6 Å². The first-order valence-corrected chi connectivity index (χ1v) is 9.97. The number of aromatic hydroxyl groups is 1. The van der Waals surface area contributed by atoms with E-state index in [2.05, 4.69) is 23.0 Å². The largest absolute Gasteiger partial charge is 0.508 e. The molecule has 154 valence electrons. The number of allylic oxidation sites excluding steroid dienone is 1. The number of quaternary nitrogens is 1. The zero-order valence-corrected chi connectivity index (χ0v) is 17.1. The molecule has 0 aromatic heterocycles. The van der Waals surface area contributed by atoms with Gasteiger partial charge in [-0.2, -0.15) is 5.26 Å². The summed E-state index contributed by atoms with van der Waals surface area (Å²) >= 11 is 0. The number of ether oxygens (including phenoxy) is 2. The van der Waals surface area contributed by atoms with E-state index < -0.39 is 0 Å². The molecule has 2 aliphatic rings. The standard InChI is InChI=1S/C23H24N4O3/c1-26-9-11-27(12-10-26)15-25-23-20(14-24)22(16-3-6-18(29-2)7-4-16)19-8-5-17(28)13-21(19)30-23/h3-8,13,15,22,28H,9-12H2,1-2H3/p+1/t22-/m0/s1. The van der Waals surface area contributed by atoms with Gasteiger partial charge < -0.3 is 24.4 Å². The average molecular weight is 405 g/mol. The van der Waals surface area contributed by atoms with E-state index in [4.69, 9.17) is 9.47 Å². The predicted molar refractivity (Wildman–Crippen MR) is 113 cm³/mol. The lowest BCUT2D eigenvalue weighted by atomic mass is 9.83. The van der Waals surface area contributed by atoms with Crippen LogP contribution < -0.4 is 14.4 Å². The first-order valence-electron chi connectivity index (χ1n) is 9.97. The number of methoxy groups -OCH3 is 1. The van der Waals surface area contributed by atoms with Crippen LogP contribution in [-0.2, 0) is 0 Å². The highest BCUT2D eigenvalue weighted by molar-refractivity contribution is 5.61. The Balaban J connectivity index is 1.74. The van der Waals surface area contributed by atoms with Gasteiger partial charge in [0, 0.05) is 11.6 Å². The third kappa shape index (κ3) is 3.95. The Hall–Kier alpha value is -3.50. The third-order valence-corrected chi connectivity index (χ3v) is 5.59. The molecule has 30 heavy (non-hydrogen) atoms. The summed E-state index contributed by atoms with van der Waals surface area (Å²) in [6.07, 6.45) is 1.76. The van der Waals surface area contributed by atoms with Gasteiger partial charge in [0.15, 0.2) is 0 Å². The minimum atomic E-state index is -0.339. The van der Waals surface area contributed by atoms with Gasteiger partial charge in [0.1, 0.15) is 28.9 Å². The van der Waals surface area contributed by atoms with Crippen molar-refractivity contribution in [1.82, 2.24) is 4.90 Å². The van der Waals surface area contributed by atoms with E-state index in [0.717, 1.165) is 43.1 Å². The van der Waals surface area contributed by atoms with Gasteiger partial charge in [0.05, 0.1) is 52.6 Å². The molecule has 0 aliphatic carbocycles. The maximum absolute atomic E-state index is 9.99. The number of phenols is 1. The molecule has 7 nitrogen and oxygen atoms in total. The maximum atomic E-state index is 9.99. The van der Waals surface area contributed by atoms with Gasteiger partial charge in [-0.25, -0.2) is 4.99 Å². The minimum absolute atomic E-state index is 0.105. The summed E-state index contributed by atoms with van der Waals surface area (Å²) < 4.78 is 11.2. The van der Waals surface area contributed by atoms with Crippen molar-refractivity contribution in [1.29, 1.82) is 5.26 Å². The highest BCUT2D eigenvalue weighted by atomic mass is 16.5. The van der Waals surface area contributed by atoms with E-state index in [-0.39, 0.29) is 17.6 Å². The van der Waals surface area contributed by atoms with Gasteiger partial charge in [-0.1, -0.05) is 18.2 Å². The summed E-state index contributed by atoms with van der Waals surface area (Å²) in [5, 5.41) is 19.9. The molecule has 2 heterocycles. The lowest BCUT2D eigenvalue weighted by Crippen LogP contribution is -3.11. The molecule has 0 radical (unpaired) electrons. The van der Waals surface area contributed by atoms with Crippen molar-refractivity contribution in [3.05, 3.63) is 65.0 Å². The molecule has 0 unspecified atom stereocenters. The Kier molecular flexibility index (Phi) is 5.59. The molecule has 0 amide bonds. The summed E-state index contributed by atoms with van der Waals surface area (Å²) in [5.74, 6) is 1.28. The molecule has 2 aromatic rings. The van der Waals surface area contributed by atoms with Crippen LogP contribution in [0, 0.1) is 11.3 Å². The van der Waals surface area contributed by atoms with Crippen LogP contribution in [0.4, 0.5) is 0 Å². The van der Waals surface area contributed by atoms with Gasteiger partial charge in [0.25, 0.3) is 0 Å². The van der Waals surface area contributed by atoms with Gasteiger partial charge >= 0.3 is 0 Å². The molecule has 0 bridgehead atoms. The fraction of sp³-hybridized carbons (Fsp3) is 0.304. The fourth-order valence-electron chi connectivity index (χ4n) is 3.79. The first kappa shape index (κ1) is 19.8. The molecule has 2 N–H and O–H groups in total. The second-order valence-electron chi connectivity index (χ2n) is 7.60. The highest BCUT2D eigenvalue weighted by Gasteiger charge is 2.32. The third-order valence-electron chi connectivity index (χ3n) is 5.59. The Labute approximate surface area is 176 Å². The van der Waals surface area contributed by atoms with Crippen molar-refractivity contribution in [3.8, 4) is 23.3 Å². The van der Waals surface area contributed by atoms with Crippen molar-refractivity contribution in [2.24, 2.45) is 4.99 Å². The Morgan fingerprint density at radius 2 is 1.97 bits per heavy atom. The van der Waals surface area contributed by atoms with Crippen LogP contribution in [0.25, 0.3) is 0 Å². The minimum Gasteiger partial charge on any atom is -0.508 e. The number of aliphatic imine (C=N–C) groups is 1. The molecular formula is C23H25N4O3+. The number of nitrogens with one attached hydrogen (secondary N) is 1. The zero-order chi connectivity index (χ0) is 21.1. The Morgan fingerprint density at radius 1 is 1.23 bits per heavy atom. The summed E-state index contributed by atoms with van der Waals surface area (Å²) in [5.41, 5.74) is 2.18. The number of rotatable bonds is 4. The predicted octanol–water partition coefficient (Wildman–Crippen LogP) is 1.52. The summed E-state index contributed by atoms with van der Waals surface area (Å²) in [6.45, 7) is 3.90. The second kappa shape index (κ2) is 8.47. The molecule has 1 atom stereocenters. The number of likely N-dealkylation sites (N-methyl/N-ethyl adjacent to an activating group) is 1. The number of nitrogens with zero attached hydrogens (tertiary/aromatic N) is 3. The fourth-order valence-corrected chi connectivity index (χ4v) is 3.79. The summed E-state index contributed by atoms with van der Waals surface area (Å²) in [4.78, 5) is 8.17.